The van der Waals surface area contributed by atoms with Crippen molar-refractivity contribution < 1.29 is 23.5 Å². The molecular formula is C19H19FN2O4. The molecule has 1 saturated heterocycles. The molecule has 1 N–H and O–H groups in total. The molecule has 1 aliphatic rings. The number of halogens is 1. The summed E-state index contributed by atoms with van der Waals surface area (Å²) in [5.74, 6) is -0.418. The van der Waals surface area contributed by atoms with Gasteiger partial charge in [-0.15, -0.1) is 0 Å². The van der Waals surface area contributed by atoms with Gasteiger partial charge in [0.2, 0.25) is 11.8 Å². The van der Waals surface area contributed by atoms with Crippen molar-refractivity contribution in [3.8, 4) is 11.5 Å². The van der Waals surface area contributed by atoms with Crippen LogP contribution in [-0.4, -0.2) is 32.6 Å². The Morgan fingerprint density at radius 1 is 1.19 bits per heavy atom. The minimum Gasteiger partial charge on any atom is -0.497 e. The van der Waals surface area contributed by atoms with Crippen molar-refractivity contribution >= 4 is 23.2 Å². The van der Waals surface area contributed by atoms with Crippen LogP contribution >= 0.6 is 0 Å². The van der Waals surface area contributed by atoms with Crippen molar-refractivity contribution in [2.45, 2.75) is 6.42 Å². The Kier molecular flexibility index (Phi) is 5.06. The van der Waals surface area contributed by atoms with Gasteiger partial charge in [0.25, 0.3) is 0 Å². The Hall–Kier alpha value is -3.09. The largest absolute Gasteiger partial charge is 0.497 e. The summed E-state index contributed by atoms with van der Waals surface area (Å²) in [4.78, 5) is 26.3. The first kappa shape index (κ1) is 17.7. The van der Waals surface area contributed by atoms with Gasteiger partial charge in [0.15, 0.2) is 0 Å². The van der Waals surface area contributed by atoms with Gasteiger partial charge in [0.05, 0.1) is 25.8 Å². The van der Waals surface area contributed by atoms with E-state index in [2.05, 4.69) is 5.32 Å². The number of anilines is 2. The normalized spacial score (nSPS) is 16.5. The molecule has 136 valence electrons. The van der Waals surface area contributed by atoms with E-state index in [0.717, 1.165) is 0 Å². The van der Waals surface area contributed by atoms with Crippen LogP contribution in [-0.2, 0) is 9.59 Å². The molecule has 1 heterocycles. The van der Waals surface area contributed by atoms with Gasteiger partial charge in [0, 0.05) is 24.7 Å². The van der Waals surface area contributed by atoms with Crippen LogP contribution in [0, 0.1) is 11.7 Å². The van der Waals surface area contributed by atoms with Gasteiger partial charge in [-0.25, -0.2) is 4.39 Å². The van der Waals surface area contributed by atoms with Crippen molar-refractivity contribution in [3.05, 3.63) is 48.3 Å². The van der Waals surface area contributed by atoms with Crippen molar-refractivity contribution in [2.75, 3.05) is 31.0 Å². The predicted octanol–water partition coefficient (Wildman–Crippen LogP) is 2.83. The van der Waals surface area contributed by atoms with E-state index in [1.54, 1.807) is 24.3 Å². The third-order valence-corrected chi connectivity index (χ3v) is 4.28. The van der Waals surface area contributed by atoms with Gasteiger partial charge in [-0.1, -0.05) is 6.07 Å². The molecule has 1 atom stereocenters. The SMILES string of the molecule is COc1ccc(OC)c(NC(=O)C2CC(=O)N(c3cccc(F)c3)C2)c1. The first-order valence-corrected chi connectivity index (χ1v) is 8.10. The lowest BCUT2D eigenvalue weighted by molar-refractivity contribution is -0.122. The summed E-state index contributed by atoms with van der Waals surface area (Å²) in [6, 6.07) is 10.8. The molecule has 2 aromatic rings. The number of ether oxygens (including phenoxy) is 2. The van der Waals surface area contributed by atoms with Gasteiger partial charge >= 0.3 is 0 Å². The maximum absolute atomic E-state index is 13.4. The number of carbonyl (C=O) groups is 2. The molecule has 1 unspecified atom stereocenters. The average molecular weight is 358 g/mol. The van der Waals surface area contributed by atoms with Crippen LogP contribution in [0.2, 0.25) is 0 Å². The molecule has 1 fully saturated rings. The Balaban J connectivity index is 1.74. The second-order valence-electron chi connectivity index (χ2n) is 5.94. The molecule has 6 nitrogen and oxygen atoms in total. The van der Waals surface area contributed by atoms with Gasteiger partial charge in [-0.2, -0.15) is 0 Å². The van der Waals surface area contributed by atoms with Gasteiger partial charge < -0.3 is 19.7 Å². The summed E-state index contributed by atoms with van der Waals surface area (Å²) in [6.07, 6.45) is 0.0641. The van der Waals surface area contributed by atoms with Crippen molar-refractivity contribution in [3.63, 3.8) is 0 Å². The van der Waals surface area contributed by atoms with Crippen molar-refractivity contribution in [1.82, 2.24) is 0 Å². The van der Waals surface area contributed by atoms with Gasteiger partial charge in [-0.05, 0) is 30.3 Å². The van der Waals surface area contributed by atoms with Crippen LogP contribution in [0.4, 0.5) is 15.8 Å². The molecule has 0 aliphatic carbocycles. The lowest BCUT2D eigenvalue weighted by Gasteiger charge is -2.17. The second kappa shape index (κ2) is 7.43. The highest BCUT2D eigenvalue weighted by Gasteiger charge is 2.35. The highest BCUT2D eigenvalue weighted by molar-refractivity contribution is 6.04. The average Bonchev–Trinajstić information content (AvgIpc) is 3.03. The zero-order chi connectivity index (χ0) is 18.7. The van der Waals surface area contributed by atoms with E-state index in [1.165, 1.54) is 37.3 Å². The van der Waals surface area contributed by atoms with Crippen LogP contribution in [0.15, 0.2) is 42.5 Å². The Labute approximate surface area is 150 Å². The number of benzene rings is 2. The summed E-state index contributed by atoms with van der Waals surface area (Å²) in [5.41, 5.74) is 0.915. The molecular weight excluding hydrogens is 339 g/mol. The van der Waals surface area contributed by atoms with Gasteiger partial charge in [-0.3, -0.25) is 9.59 Å². The van der Waals surface area contributed by atoms with E-state index >= 15 is 0 Å². The quantitative estimate of drug-likeness (QED) is 0.892. The zero-order valence-corrected chi connectivity index (χ0v) is 14.5. The fourth-order valence-electron chi connectivity index (χ4n) is 2.92. The number of hydrogen-bond acceptors (Lipinski definition) is 4. The maximum Gasteiger partial charge on any atom is 0.229 e. The van der Waals surface area contributed by atoms with E-state index in [4.69, 9.17) is 9.47 Å². The van der Waals surface area contributed by atoms with Crippen LogP contribution < -0.4 is 19.7 Å². The zero-order valence-electron chi connectivity index (χ0n) is 14.5. The van der Waals surface area contributed by atoms with Gasteiger partial charge in [0.1, 0.15) is 17.3 Å². The Bertz CT molecular complexity index is 840. The molecule has 7 heteroatoms. The topological polar surface area (TPSA) is 67.9 Å². The molecule has 0 aromatic heterocycles. The molecule has 0 saturated carbocycles. The lowest BCUT2D eigenvalue weighted by atomic mass is 10.1. The fraction of sp³-hybridized carbons (Fsp3) is 0.263. The minimum absolute atomic E-state index is 0.0641. The predicted molar refractivity (Wildman–Crippen MR) is 95.0 cm³/mol. The number of carbonyl (C=O) groups excluding carboxylic acids is 2. The molecule has 0 radical (unpaired) electrons. The lowest BCUT2D eigenvalue weighted by Crippen LogP contribution is -2.28. The summed E-state index contributed by atoms with van der Waals surface area (Å²) >= 11 is 0. The third kappa shape index (κ3) is 3.61. The Morgan fingerprint density at radius 3 is 2.69 bits per heavy atom. The number of methoxy groups -OCH3 is 2. The minimum atomic E-state index is -0.540. The molecule has 0 spiro atoms. The fourth-order valence-corrected chi connectivity index (χ4v) is 2.92. The highest BCUT2D eigenvalue weighted by atomic mass is 19.1. The van der Waals surface area contributed by atoms with E-state index in [-0.39, 0.29) is 24.8 Å². The maximum atomic E-state index is 13.4. The van der Waals surface area contributed by atoms with E-state index in [1.807, 2.05) is 0 Å². The smallest absolute Gasteiger partial charge is 0.229 e. The molecule has 3 rings (SSSR count). The van der Waals surface area contributed by atoms with E-state index < -0.39 is 11.7 Å². The highest BCUT2D eigenvalue weighted by Crippen LogP contribution is 2.31. The molecule has 26 heavy (non-hydrogen) atoms. The number of nitrogens with zero attached hydrogens (tertiary/aromatic N) is 1. The second-order valence-corrected chi connectivity index (χ2v) is 5.94. The molecule has 2 amide bonds. The van der Waals surface area contributed by atoms with E-state index in [0.29, 0.717) is 22.9 Å². The monoisotopic (exact) mass is 358 g/mol. The Morgan fingerprint density at radius 2 is 2.00 bits per heavy atom. The molecule has 2 aromatic carbocycles. The third-order valence-electron chi connectivity index (χ3n) is 4.28. The summed E-state index contributed by atoms with van der Waals surface area (Å²) in [7, 11) is 3.03. The first-order valence-electron chi connectivity index (χ1n) is 8.10. The molecule has 1 aliphatic heterocycles. The number of rotatable bonds is 5. The van der Waals surface area contributed by atoms with Crippen LogP contribution in [0.25, 0.3) is 0 Å². The number of amides is 2. The van der Waals surface area contributed by atoms with Crippen molar-refractivity contribution in [2.24, 2.45) is 5.92 Å². The standard InChI is InChI=1S/C19H19FN2O4/c1-25-15-6-7-17(26-2)16(10-15)21-19(24)12-8-18(23)22(11-12)14-5-3-4-13(20)9-14/h3-7,9-10,12H,8,11H2,1-2H3,(H,21,24). The van der Waals surface area contributed by atoms with Crippen LogP contribution in [0.1, 0.15) is 6.42 Å². The summed E-state index contributed by atoms with van der Waals surface area (Å²) < 4.78 is 23.8. The number of hydrogen-bond donors (Lipinski definition) is 1. The van der Waals surface area contributed by atoms with Crippen molar-refractivity contribution in [1.29, 1.82) is 0 Å². The van der Waals surface area contributed by atoms with Crippen LogP contribution in [0.3, 0.4) is 0 Å². The first-order chi connectivity index (χ1) is 12.5. The molecule has 0 bridgehead atoms. The summed E-state index contributed by atoms with van der Waals surface area (Å²) in [5, 5.41) is 2.79. The van der Waals surface area contributed by atoms with Crippen LogP contribution in [0.5, 0.6) is 11.5 Å². The van der Waals surface area contributed by atoms with E-state index in [9.17, 15) is 14.0 Å². The number of nitrogens with one attached hydrogen (secondary N) is 1. The summed E-state index contributed by atoms with van der Waals surface area (Å²) in [6.45, 7) is 0.195.